The Labute approximate surface area is 162 Å². The molecular weight excluding hydrogens is 356 g/mol. The SMILES string of the molecule is COC(=O)N1c2ccccc2[C@]23[C@H]4C(=O)[C@H]5C[C@@]6(CCCN(C4=O)[C@@H]62)CC[C@]513. The van der Waals surface area contributed by atoms with Crippen LogP contribution >= 0.6 is 0 Å². The number of methoxy groups -OCH3 is 1. The number of Topliss-reactive ketones (excluding diaryl/α,β-unsaturated/α-hetero) is 1. The lowest BCUT2D eigenvalue weighted by atomic mass is 9.41. The van der Waals surface area contributed by atoms with Crippen molar-refractivity contribution in [1.82, 2.24) is 4.90 Å². The number of carbonyl (C=O) groups excluding carboxylic acids is 3. The van der Waals surface area contributed by atoms with E-state index >= 15 is 0 Å². The summed E-state index contributed by atoms with van der Waals surface area (Å²) in [5.41, 5.74) is 0.621. The molecule has 0 radical (unpaired) electrons. The van der Waals surface area contributed by atoms with Crippen LogP contribution in [0.1, 0.15) is 37.7 Å². The molecule has 0 N–H and O–H groups in total. The van der Waals surface area contributed by atoms with Crippen LogP contribution in [0.4, 0.5) is 10.5 Å². The van der Waals surface area contributed by atoms with Crippen molar-refractivity contribution in [2.75, 3.05) is 18.6 Å². The van der Waals surface area contributed by atoms with Crippen LogP contribution in [0.15, 0.2) is 24.3 Å². The zero-order valence-corrected chi connectivity index (χ0v) is 15.8. The van der Waals surface area contributed by atoms with E-state index in [-0.39, 0.29) is 29.1 Å². The summed E-state index contributed by atoms with van der Waals surface area (Å²) in [5, 5.41) is 0. The highest BCUT2D eigenvalue weighted by Crippen LogP contribution is 2.80. The molecule has 4 saturated carbocycles. The van der Waals surface area contributed by atoms with Crippen molar-refractivity contribution in [2.24, 2.45) is 17.3 Å². The third kappa shape index (κ3) is 1.15. The highest BCUT2D eigenvalue weighted by Gasteiger charge is 2.90. The monoisotopic (exact) mass is 378 g/mol. The van der Waals surface area contributed by atoms with E-state index in [0.717, 1.165) is 49.9 Å². The molecule has 1 aromatic carbocycles. The van der Waals surface area contributed by atoms with Gasteiger partial charge in [-0.05, 0) is 49.1 Å². The third-order valence-electron chi connectivity index (χ3n) is 9.26. The zero-order valence-electron chi connectivity index (χ0n) is 15.8. The number of ketones is 1. The molecule has 8 rings (SSSR count). The summed E-state index contributed by atoms with van der Waals surface area (Å²) in [6.45, 7) is 0.734. The van der Waals surface area contributed by atoms with E-state index in [1.165, 1.54) is 7.11 Å². The number of ether oxygens (including phenoxy) is 1. The first-order chi connectivity index (χ1) is 13.5. The van der Waals surface area contributed by atoms with Gasteiger partial charge in [0.05, 0.1) is 29.8 Å². The van der Waals surface area contributed by atoms with Gasteiger partial charge in [-0.25, -0.2) is 4.79 Å². The minimum atomic E-state index is -0.653. The average Bonchev–Trinajstić information content (AvgIpc) is 3.21. The summed E-state index contributed by atoms with van der Waals surface area (Å²) in [6.07, 6.45) is 4.25. The van der Waals surface area contributed by atoms with Gasteiger partial charge in [0, 0.05) is 12.5 Å². The van der Waals surface area contributed by atoms with E-state index < -0.39 is 23.0 Å². The van der Waals surface area contributed by atoms with E-state index in [1.807, 2.05) is 23.1 Å². The normalized spacial score (nSPS) is 46.1. The van der Waals surface area contributed by atoms with E-state index in [1.54, 1.807) is 4.90 Å². The molecule has 6 atom stereocenters. The molecule has 0 aromatic heterocycles. The van der Waals surface area contributed by atoms with E-state index in [4.69, 9.17) is 4.74 Å². The van der Waals surface area contributed by atoms with Crippen LogP contribution in [-0.4, -0.2) is 47.9 Å². The Morgan fingerprint density at radius 2 is 2.00 bits per heavy atom. The van der Waals surface area contributed by atoms with Crippen molar-refractivity contribution < 1.29 is 19.1 Å². The maximum absolute atomic E-state index is 13.7. The second-order valence-electron chi connectivity index (χ2n) is 9.61. The number of hydrogen-bond acceptors (Lipinski definition) is 4. The van der Waals surface area contributed by atoms with Crippen molar-refractivity contribution in [1.29, 1.82) is 0 Å². The molecule has 2 amide bonds. The van der Waals surface area contributed by atoms with E-state index in [9.17, 15) is 14.4 Å². The molecule has 4 aliphatic carbocycles. The Kier molecular flexibility index (Phi) is 2.38. The van der Waals surface area contributed by atoms with E-state index in [2.05, 4.69) is 6.07 Å². The molecule has 3 aliphatic heterocycles. The molecule has 1 aromatic rings. The lowest BCUT2D eigenvalue weighted by molar-refractivity contribution is -0.153. The minimum absolute atomic E-state index is 0.00840. The smallest absolute Gasteiger partial charge is 0.414 e. The highest BCUT2D eigenvalue weighted by atomic mass is 16.5. The molecular formula is C22H22N2O4. The van der Waals surface area contributed by atoms with Gasteiger partial charge in [-0.15, -0.1) is 0 Å². The first-order valence-electron chi connectivity index (χ1n) is 10.4. The van der Waals surface area contributed by atoms with Crippen LogP contribution < -0.4 is 4.90 Å². The fourth-order valence-electron chi connectivity index (χ4n) is 8.89. The summed E-state index contributed by atoms with van der Waals surface area (Å²) in [6, 6.07) is 7.97. The van der Waals surface area contributed by atoms with Gasteiger partial charge in [0.2, 0.25) is 5.91 Å². The maximum Gasteiger partial charge on any atom is 0.414 e. The second-order valence-corrected chi connectivity index (χ2v) is 9.61. The summed E-state index contributed by atoms with van der Waals surface area (Å²) in [4.78, 5) is 44.2. The number of nitrogens with zero attached hydrogens (tertiary/aromatic N) is 2. The van der Waals surface area contributed by atoms with Gasteiger partial charge in [-0.2, -0.15) is 0 Å². The molecule has 6 fully saturated rings. The van der Waals surface area contributed by atoms with Crippen LogP contribution in [0.25, 0.3) is 0 Å². The molecule has 0 unspecified atom stereocenters. The number of piperidine rings is 1. The first kappa shape index (κ1) is 15.5. The van der Waals surface area contributed by atoms with Gasteiger partial charge in [-0.3, -0.25) is 14.5 Å². The molecule has 7 aliphatic rings. The van der Waals surface area contributed by atoms with Crippen LogP contribution in [0.5, 0.6) is 0 Å². The number of amides is 2. The van der Waals surface area contributed by atoms with Crippen LogP contribution in [-0.2, 0) is 19.7 Å². The molecule has 3 heterocycles. The lowest BCUT2D eigenvalue weighted by Crippen LogP contribution is -2.76. The Morgan fingerprint density at radius 1 is 1.18 bits per heavy atom. The fraction of sp³-hybridized carbons (Fsp3) is 0.591. The Morgan fingerprint density at radius 3 is 2.82 bits per heavy atom. The molecule has 6 nitrogen and oxygen atoms in total. The zero-order chi connectivity index (χ0) is 19.1. The summed E-state index contributed by atoms with van der Waals surface area (Å²) in [7, 11) is 1.40. The highest BCUT2D eigenvalue weighted by molar-refractivity contribution is 6.14. The predicted octanol–water partition coefficient (Wildman–Crippen LogP) is 2.25. The van der Waals surface area contributed by atoms with Crippen LogP contribution in [0.2, 0.25) is 0 Å². The summed E-state index contributed by atoms with van der Waals surface area (Å²) in [5.74, 6) is -0.824. The number of fused-ring (bicyclic) bond motifs is 2. The summed E-state index contributed by atoms with van der Waals surface area (Å²) >= 11 is 0. The Hall–Kier alpha value is -2.37. The van der Waals surface area contributed by atoms with Crippen molar-refractivity contribution in [3.63, 3.8) is 0 Å². The van der Waals surface area contributed by atoms with Gasteiger partial charge in [0.15, 0.2) is 5.78 Å². The quantitative estimate of drug-likeness (QED) is 0.650. The lowest BCUT2D eigenvalue weighted by Gasteiger charge is -2.67. The third-order valence-corrected chi connectivity index (χ3v) is 9.26. The number of carbonyl (C=O) groups is 3. The Bertz CT molecular complexity index is 1010. The fourth-order valence-corrected chi connectivity index (χ4v) is 8.89. The standard InChI is InChI=1S/C22H22N2O4/c1-28-19(27)24-14-6-3-2-5-12(14)22-15-16(25)13-11-20(8-9-21(13,22)24)7-4-10-23(17(15)26)18(20)22/h2-3,5-6,13,15,18H,4,7-11H2,1H3/t13-,15+,18+,20-,21-,22+/m1/s1. The number of anilines is 1. The number of rotatable bonds is 0. The first-order valence-corrected chi connectivity index (χ1v) is 10.4. The predicted molar refractivity (Wildman–Crippen MR) is 98.7 cm³/mol. The van der Waals surface area contributed by atoms with Gasteiger partial charge in [-0.1, -0.05) is 18.2 Å². The number of para-hydroxylation sites is 1. The topological polar surface area (TPSA) is 66.9 Å². The van der Waals surface area contributed by atoms with Crippen LogP contribution in [0.3, 0.4) is 0 Å². The van der Waals surface area contributed by atoms with Gasteiger partial charge in [0.25, 0.3) is 0 Å². The Balaban J connectivity index is 1.64. The van der Waals surface area contributed by atoms with Gasteiger partial charge >= 0.3 is 6.09 Å². The number of benzene rings is 1. The average molecular weight is 378 g/mol. The van der Waals surface area contributed by atoms with Crippen molar-refractivity contribution in [2.45, 2.75) is 49.1 Å². The van der Waals surface area contributed by atoms with Crippen LogP contribution in [0, 0.1) is 17.3 Å². The minimum Gasteiger partial charge on any atom is -0.452 e. The number of hydrogen-bond donors (Lipinski definition) is 0. The van der Waals surface area contributed by atoms with E-state index in [0.29, 0.717) is 0 Å². The molecule has 4 bridgehead atoms. The maximum atomic E-state index is 13.7. The van der Waals surface area contributed by atoms with Gasteiger partial charge < -0.3 is 9.64 Å². The molecule has 3 spiro atoms. The van der Waals surface area contributed by atoms with Crippen molar-refractivity contribution >= 4 is 23.5 Å². The van der Waals surface area contributed by atoms with Crippen molar-refractivity contribution in [3.8, 4) is 0 Å². The summed E-state index contributed by atoms with van der Waals surface area (Å²) < 4.78 is 5.23. The van der Waals surface area contributed by atoms with Crippen molar-refractivity contribution in [3.05, 3.63) is 29.8 Å². The molecule has 28 heavy (non-hydrogen) atoms. The molecule has 144 valence electrons. The molecule has 6 heteroatoms. The largest absolute Gasteiger partial charge is 0.452 e. The molecule has 2 saturated heterocycles. The second kappa shape index (κ2) is 4.29. The van der Waals surface area contributed by atoms with Gasteiger partial charge in [0.1, 0.15) is 5.92 Å².